The predicted molar refractivity (Wildman–Crippen MR) is 102 cm³/mol. The van der Waals surface area contributed by atoms with Crippen LogP contribution in [0.15, 0.2) is 11.2 Å². The molecule has 1 heterocycles. The molecule has 0 saturated heterocycles. The molecule has 0 aromatic carbocycles. The number of hydrogen-bond donors (Lipinski definition) is 2. The van der Waals surface area contributed by atoms with E-state index in [1.807, 2.05) is 6.92 Å². The van der Waals surface area contributed by atoms with Crippen LogP contribution in [0.5, 0.6) is 0 Å². The summed E-state index contributed by atoms with van der Waals surface area (Å²) in [5.74, 6) is 0.0252. The highest BCUT2D eigenvalue weighted by Gasteiger charge is 2.30. The Morgan fingerprint density at radius 2 is 1.81 bits per heavy atom. The molecule has 1 aliphatic carbocycles. The van der Waals surface area contributed by atoms with Crippen molar-refractivity contribution in [2.45, 2.75) is 63.6 Å². The van der Waals surface area contributed by atoms with Crippen molar-refractivity contribution in [3.05, 3.63) is 11.8 Å². The molecule has 27 heavy (non-hydrogen) atoms. The van der Waals surface area contributed by atoms with Crippen LogP contribution in [0.2, 0.25) is 0 Å². The average molecular weight is 399 g/mol. The molecule has 2 N–H and O–H groups in total. The van der Waals surface area contributed by atoms with E-state index in [9.17, 15) is 18.0 Å². The average Bonchev–Trinajstić information content (AvgIpc) is 3.12. The Morgan fingerprint density at radius 1 is 1.22 bits per heavy atom. The summed E-state index contributed by atoms with van der Waals surface area (Å²) in [5.41, 5.74) is 0.0537. The molecule has 0 aliphatic heterocycles. The molecular weight excluding hydrogens is 368 g/mol. The van der Waals surface area contributed by atoms with Gasteiger partial charge in [0.25, 0.3) is 5.91 Å². The quantitative estimate of drug-likeness (QED) is 0.719. The minimum Gasteiger partial charge on any atom is -0.353 e. The molecular formula is C18H30N4O4S. The zero-order valence-electron chi connectivity index (χ0n) is 16.7. The van der Waals surface area contributed by atoms with E-state index in [-0.39, 0.29) is 34.5 Å². The number of rotatable bonds is 7. The lowest BCUT2D eigenvalue weighted by molar-refractivity contribution is -0.125. The zero-order valence-corrected chi connectivity index (χ0v) is 17.5. The Labute approximate surface area is 161 Å². The molecule has 0 bridgehead atoms. The molecule has 1 aromatic heterocycles. The summed E-state index contributed by atoms with van der Waals surface area (Å²) in [6, 6.07) is -0.0727. The second kappa shape index (κ2) is 8.41. The number of aryl methyl sites for hydroxylation is 1. The molecule has 0 radical (unpaired) electrons. The molecule has 9 heteroatoms. The van der Waals surface area contributed by atoms with Crippen LogP contribution in [-0.4, -0.2) is 48.4 Å². The number of nitrogens with zero attached hydrogens (tertiary/aromatic N) is 2. The Hall–Kier alpha value is -1.90. The van der Waals surface area contributed by atoms with Gasteiger partial charge in [0.1, 0.15) is 0 Å². The predicted octanol–water partition coefficient (Wildman–Crippen LogP) is 1.27. The van der Waals surface area contributed by atoms with Gasteiger partial charge in [0.05, 0.1) is 11.8 Å². The van der Waals surface area contributed by atoms with E-state index in [0.717, 1.165) is 25.5 Å². The molecule has 152 valence electrons. The highest BCUT2D eigenvalue weighted by Crippen LogP contribution is 2.22. The largest absolute Gasteiger partial charge is 0.353 e. The minimum atomic E-state index is -3.56. The molecule has 1 fully saturated rings. The van der Waals surface area contributed by atoms with Crippen molar-refractivity contribution < 1.29 is 18.0 Å². The summed E-state index contributed by atoms with van der Waals surface area (Å²) in [5, 5.41) is 9.75. The van der Waals surface area contributed by atoms with Gasteiger partial charge in [-0.05, 0) is 31.6 Å². The Bertz CT molecular complexity index is 800. The van der Waals surface area contributed by atoms with E-state index in [0.29, 0.717) is 12.3 Å². The first kappa shape index (κ1) is 21.4. The number of nitrogens with one attached hydrogen (secondary N) is 2. The molecule has 0 spiro atoms. The normalized spacial score (nSPS) is 21.3. The van der Waals surface area contributed by atoms with Crippen molar-refractivity contribution in [3.63, 3.8) is 0 Å². The highest BCUT2D eigenvalue weighted by atomic mass is 32.2. The van der Waals surface area contributed by atoms with Gasteiger partial charge >= 0.3 is 0 Å². The Balaban J connectivity index is 1.94. The topological polar surface area (TPSA) is 110 Å². The lowest BCUT2D eigenvalue weighted by atomic mass is 9.98. The maximum Gasteiger partial charge on any atom is 0.256 e. The van der Waals surface area contributed by atoms with Crippen LogP contribution in [0.3, 0.4) is 0 Å². The molecule has 1 saturated carbocycles. The van der Waals surface area contributed by atoms with Crippen molar-refractivity contribution in [1.29, 1.82) is 0 Å². The van der Waals surface area contributed by atoms with E-state index in [1.54, 1.807) is 0 Å². The fourth-order valence-electron chi connectivity index (χ4n) is 3.69. The molecule has 8 nitrogen and oxygen atoms in total. The van der Waals surface area contributed by atoms with E-state index in [4.69, 9.17) is 0 Å². The van der Waals surface area contributed by atoms with Gasteiger partial charge in [0.15, 0.2) is 14.9 Å². The second-order valence-electron chi connectivity index (χ2n) is 7.98. The summed E-state index contributed by atoms with van der Waals surface area (Å²) in [6.45, 7) is 6.11. The summed E-state index contributed by atoms with van der Waals surface area (Å²) in [4.78, 5) is 24.8. The molecule has 2 amide bonds. The van der Waals surface area contributed by atoms with Crippen LogP contribution in [0.25, 0.3) is 0 Å². The van der Waals surface area contributed by atoms with E-state index >= 15 is 0 Å². The third-order valence-corrected chi connectivity index (χ3v) is 6.05. The number of aromatic nitrogens is 2. The van der Waals surface area contributed by atoms with Gasteiger partial charge in [-0.15, -0.1) is 0 Å². The van der Waals surface area contributed by atoms with Gasteiger partial charge in [-0.3, -0.25) is 14.3 Å². The number of carbonyl (C=O) groups is 2. The fraction of sp³-hybridized carbons (Fsp3) is 0.722. The minimum absolute atomic E-state index is 0.0284. The lowest BCUT2D eigenvalue weighted by Crippen LogP contribution is -2.39. The van der Waals surface area contributed by atoms with Gasteiger partial charge in [-0.2, -0.15) is 5.10 Å². The summed E-state index contributed by atoms with van der Waals surface area (Å²) in [7, 11) is -2.07. The smallest absolute Gasteiger partial charge is 0.256 e. The summed E-state index contributed by atoms with van der Waals surface area (Å²) >= 11 is 0. The molecule has 1 aromatic rings. The monoisotopic (exact) mass is 398 g/mol. The first-order valence-corrected chi connectivity index (χ1v) is 11.2. The standard InChI is InChI=1S/C18H30N4O4S/c1-11(2)8-12(3)16(23)20-13-6-7-14(9-13)21-17(24)15-10-19-22(4)18(15)27(5,25)26/h10-14H,6-9H2,1-5H3,(H,20,23)(H,21,24)/t12?,13-,14+/m1/s1. The Morgan fingerprint density at radius 3 is 2.37 bits per heavy atom. The highest BCUT2D eigenvalue weighted by molar-refractivity contribution is 7.90. The van der Waals surface area contributed by atoms with Gasteiger partial charge in [-0.25, -0.2) is 8.42 Å². The van der Waals surface area contributed by atoms with Crippen molar-refractivity contribution >= 4 is 21.7 Å². The molecule has 3 atom stereocenters. The van der Waals surface area contributed by atoms with E-state index in [1.165, 1.54) is 17.9 Å². The zero-order chi connectivity index (χ0) is 20.4. The maximum atomic E-state index is 12.5. The van der Waals surface area contributed by atoms with Gasteiger partial charge in [0.2, 0.25) is 5.91 Å². The van der Waals surface area contributed by atoms with Crippen molar-refractivity contribution in [1.82, 2.24) is 20.4 Å². The number of carbonyl (C=O) groups excluding carboxylic acids is 2. The second-order valence-corrected chi connectivity index (χ2v) is 9.91. The van der Waals surface area contributed by atoms with Crippen molar-refractivity contribution in [3.8, 4) is 0 Å². The van der Waals surface area contributed by atoms with Gasteiger partial charge < -0.3 is 10.6 Å². The molecule has 1 unspecified atom stereocenters. The molecule has 1 aliphatic rings. The lowest BCUT2D eigenvalue weighted by Gasteiger charge is -2.18. The third-order valence-electron chi connectivity index (χ3n) is 4.87. The first-order valence-electron chi connectivity index (χ1n) is 9.32. The van der Waals surface area contributed by atoms with E-state index in [2.05, 4.69) is 29.6 Å². The van der Waals surface area contributed by atoms with Gasteiger partial charge in [0, 0.05) is 31.3 Å². The SMILES string of the molecule is CC(C)CC(C)C(=O)N[C@@H]1CC[C@H](NC(=O)c2cnn(C)c2S(C)(=O)=O)C1. The van der Waals surface area contributed by atoms with Gasteiger partial charge in [-0.1, -0.05) is 20.8 Å². The van der Waals surface area contributed by atoms with Crippen LogP contribution < -0.4 is 10.6 Å². The van der Waals surface area contributed by atoms with E-state index < -0.39 is 15.7 Å². The first-order chi connectivity index (χ1) is 12.5. The van der Waals surface area contributed by atoms with Crippen LogP contribution in [0, 0.1) is 11.8 Å². The molecule has 2 rings (SSSR count). The number of amides is 2. The number of hydrogen-bond acceptors (Lipinski definition) is 5. The fourth-order valence-corrected chi connectivity index (χ4v) is 4.76. The van der Waals surface area contributed by atoms with Crippen molar-refractivity contribution in [2.75, 3.05) is 6.26 Å². The van der Waals surface area contributed by atoms with Crippen LogP contribution >= 0.6 is 0 Å². The van der Waals surface area contributed by atoms with Crippen LogP contribution in [-0.2, 0) is 21.7 Å². The van der Waals surface area contributed by atoms with Crippen LogP contribution in [0.1, 0.15) is 56.8 Å². The summed E-state index contributed by atoms with van der Waals surface area (Å²) < 4.78 is 25.0. The third kappa shape index (κ3) is 5.54. The summed E-state index contributed by atoms with van der Waals surface area (Å²) in [6.07, 6.45) is 5.34. The van der Waals surface area contributed by atoms with Crippen molar-refractivity contribution in [2.24, 2.45) is 18.9 Å². The maximum absolute atomic E-state index is 12.5. The Kier molecular flexibility index (Phi) is 6.67. The number of sulfone groups is 1. The van der Waals surface area contributed by atoms with Crippen LogP contribution in [0.4, 0.5) is 0 Å².